The van der Waals surface area contributed by atoms with Gasteiger partial charge < -0.3 is 9.52 Å². The second-order valence-electron chi connectivity index (χ2n) is 6.13. The van der Waals surface area contributed by atoms with Gasteiger partial charge in [-0.05, 0) is 49.3 Å². The molecule has 4 rings (SSSR count). The minimum atomic E-state index is -0.726. The van der Waals surface area contributed by atoms with Crippen LogP contribution in [-0.2, 0) is 4.79 Å². The maximum atomic E-state index is 10.8. The summed E-state index contributed by atoms with van der Waals surface area (Å²) in [6.45, 7) is 0. The van der Waals surface area contributed by atoms with Crippen molar-refractivity contribution in [2.45, 2.75) is 42.1 Å². The van der Waals surface area contributed by atoms with Crippen molar-refractivity contribution in [1.82, 2.24) is 10.2 Å². The lowest BCUT2D eigenvalue weighted by Crippen LogP contribution is -2.32. The van der Waals surface area contributed by atoms with Crippen molar-refractivity contribution in [2.75, 3.05) is 0 Å². The summed E-state index contributed by atoms with van der Waals surface area (Å²) in [6.07, 6.45) is 3.76. The highest BCUT2D eigenvalue weighted by Gasteiger charge is 2.36. The van der Waals surface area contributed by atoms with E-state index in [-0.39, 0.29) is 11.2 Å². The molecule has 0 aliphatic heterocycles. The molecule has 0 unspecified atom stereocenters. The van der Waals surface area contributed by atoms with Gasteiger partial charge in [0.2, 0.25) is 5.89 Å². The number of halogens is 1. The van der Waals surface area contributed by atoms with Gasteiger partial charge >= 0.3 is 5.97 Å². The highest BCUT2D eigenvalue weighted by atomic mass is 35.5. The predicted molar refractivity (Wildman–Crippen MR) is 86.7 cm³/mol. The third kappa shape index (κ3) is 3.10. The van der Waals surface area contributed by atoms with E-state index in [0.717, 1.165) is 5.56 Å². The summed E-state index contributed by atoms with van der Waals surface area (Å²) in [4.78, 5) is 10.8. The van der Waals surface area contributed by atoms with Gasteiger partial charge in [-0.25, -0.2) is 0 Å². The fourth-order valence-corrected chi connectivity index (χ4v) is 4.17. The molecule has 1 heterocycles. The van der Waals surface area contributed by atoms with E-state index in [1.54, 1.807) is 0 Å². The third-order valence-corrected chi connectivity index (χ3v) is 5.79. The number of carbonyl (C=O) groups is 1. The largest absolute Gasteiger partial charge is 0.481 e. The third-order valence-electron chi connectivity index (χ3n) is 4.39. The van der Waals surface area contributed by atoms with E-state index < -0.39 is 5.97 Å². The minimum absolute atomic E-state index is 0.233. The molecule has 2 aliphatic carbocycles. The number of nitrogens with zero attached hydrogens (tertiary/aromatic N) is 2. The number of rotatable bonds is 5. The van der Waals surface area contributed by atoms with Crippen LogP contribution in [0.1, 0.15) is 37.2 Å². The molecule has 2 aliphatic rings. The molecule has 0 saturated heterocycles. The predicted octanol–water partition coefficient (Wildman–Crippen LogP) is 4.22. The first-order valence-electron chi connectivity index (χ1n) is 7.63. The molecule has 0 atom stereocenters. The number of aliphatic carboxylic acids is 1. The lowest BCUT2D eigenvalue weighted by molar-refractivity contribution is -0.144. The summed E-state index contributed by atoms with van der Waals surface area (Å²) in [5.74, 6) is 0.0972. The molecule has 120 valence electrons. The van der Waals surface area contributed by atoms with E-state index >= 15 is 0 Å². The second-order valence-corrected chi connectivity index (χ2v) is 7.79. The first-order chi connectivity index (χ1) is 11.1. The molecule has 0 radical (unpaired) electrons. The number of carboxylic acid groups (broad SMARTS) is 1. The van der Waals surface area contributed by atoms with Gasteiger partial charge in [0, 0.05) is 5.25 Å². The molecule has 2 fully saturated rings. The molecular weight excluding hydrogens is 336 g/mol. The van der Waals surface area contributed by atoms with E-state index in [1.165, 1.54) is 30.2 Å². The SMILES string of the molecule is O=C(O)[C@H]1C[C@H](Sc2nnc(-c3ccc(C4CC4)cc3Cl)o2)C1. The molecule has 0 bridgehead atoms. The first kappa shape index (κ1) is 15.0. The number of carboxylic acids is 1. The fourth-order valence-electron chi connectivity index (χ4n) is 2.75. The van der Waals surface area contributed by atoms with Crippen LogP contribution in [0.2, 0.25) is 5.02 Å². The summed E-state index contributed by atoms with van der Waals surface area (Å²) in [6, 6.07) is 5.98. The Morgan fingerprint density at radius 1 is 1.30 bits per heavy atom. The molecule has 2 aromatic rings. The Hall–Kier alpha value is -1.53. The molecule has 23 heavy (non-hydrogen) atoms. The first-order valence-corrected chi connectivity index (χ1v) is 8.88. The number of benzene rings is 1. The van der Waals surface area contributed by atoms with Crippen LogP contribution in [0.5, 0.6) is 0 Å². The Morgan fingerprint density at radius 3 is 2.74 bits per heavy atom. The Balaban J connectivity index is 1.44. The van der Waals surface area contributed by atoms with Crippen molar-refractivity contribution in [1.29, 1.82) is 0 Å². The molecule has 0 amide bonds. The van der Waals surface area contributed by atoms with Crippen LogP contribution in [-0.4, -0.2) is 26.5 Å². The summed E-state index contributed by atoms with van der Waals surface area (Å²) in [5.41, 5.74) is 2.01. The summed E-state index contributed by atoms with van der Waals surface area (Å²) < 4.78 is 5.68. The highest BCUT2D eigenvalue weighted by molar-refractivity contribution is 7.99. The molecule has 5 nitrogen and oxygen atoms in total. The molecular formula is C16H15ClN2O3S. The van der Waals surface area contributed by atoms with E-state index in [2.05, 4.69) is 16.3 Å². The Morgan fingerprint density at radius 2 is 2.09 bits per heavy atom. The van der Waals surface area contributed by atoms with Gasteiger partial charge in [-0.15, -0.1) is 10.2 Å². The monoisotopic (exact) mass is 350 g/mol. The lowest BCUT2D eigenvalue weighted by Gasteiger charge is -2.30. The fraction of sp³-hybridized carbons (Fsp3) is 0.438. The van der Waals surface area contributed by atoms with Crippen LogP contribution in [0.4, 0.5) is 0 Å². The van der Waals surface area contributed by atoms with Gasteiger partial charge in [0.05, 0.1) is 16.5 Å². The maximum Gasteiger partial charge on any atom is 0.306 e. The van der Waals surface area contributed by atoms with Gasteiger partial charge in [0.1, 0.15) is 0 Å². The summed E-state index contributed by atoms with van der Waals surface area (Å²) >= 11 is 7.79. The van der Waals surface area contributed by atoms with Gasteiger partial charge in [0.25, 0.3) is 5.22 Å². The Labute approximate surface area is 142 Å². The minimum Gasteiger partial charge on any atom is -0.481 e. The van der Waals surface area contributed by atoms with Crippen molar-refractivity contribution in [3.63, 3.8) is 0 Å². The van der Waals surface area contributed by atoms with Crippen molar-refractivity contribution in [3.8, 4) is 11.5 Å². The van der Waals surface area contributed by atoms with E-state index in [9.17, 15) is 4.79 Å². The van der Waals surface area contributed by atoms with E-state index in [0.29, 0.717) is 34.9 Å². The summed E-state index contributed by atoms with van der Waals surface area (Å²) in [5, 5.41) is 18.3. The van der Waals surface area contributed by atoms with Crippen molar-refractivity contribution >= 4 is 29.3 Å². The second kappa shape index (κ2) is 5.83. The topological polar surface area (TPSA) is 76.2 Å². The van der Waals surface area contributed by atoms with Crippen LogP contribution < -0.4 is 0 Å². The maximum absolute atomic E-state index is 10.8. The summed E-state index contributed by atoms with van der Waals surface area (Å²) in [7, 11) is 0. The molecule has 1 aromatic heterocycles. The molecule has 1 N–H and O–H groups in total. The van der Waals surface area contributed by atoms with Crippen molar-refractivity contribution in [3.05, 3.63) is 28.8 Å². The molecule has 2 saturated carbocycles. The zero-order chi connectivity index (χ0) is 16.0. The normalized spacial score (nSPS) is 23.5. The Kier molecular flexibility index (Phi) is 3.81. The number of hydrogen-bond donors (Lipinski definition) is 1. The van der Waals surface area contributed by atoms with Crippen molar-refractivity contribution in [2.24, 2.45) is 5.92 Å². The lowest BCUT2D eigenvalue weighted by atomic mass is 9.85. The zero-order valence-corrected chi connectivity index (χ0v) is 13.8. The van der Waals surface area contributed by atoms with Crippen LogP contribution in [0.25, 0.3) is 11.5 Å². The Bertz CT molecular complexity index is 754. The molecule has 1 aromatic carbocycles. The number of hydrogen-bond acceptors (Lipinski definition) is 5. The molecule has 0 spiro atoms. The number of thioether (sulfide) groups is 1. The number of aromatic nitrogens is 2. The van der Waals surface area contributed by atoms with E-state index in [4.69, 9.17) is 21.1 Å². The smallest absolute Gasteiger partial charge is 0.306 e. The standard InChI is InChI=1S/C16H15ClN2O3S/c17-13-7-9(8-1-2-8)3-4-12(13)14-18-19-16(22-14)23-11-5-10(6-11)15(20)21/h3-4,7-8,10-11H,1-2,5-6H2,(H,20,21)/t10-,11-. The van der Waals surface area contributed by atoms with Crippen LogP contribution in [0, 0.1) is 5.92 Å². The van der Waals surface area contributed by atoms with Crippen LogP contribution in [0.15, 0.2) is 27.8 Å². The average Bonchev–Trinajstić information content (AvgIpc) is 3.22. The van der Waals surface area contributed by atoms with Crippen LogP contribution in [0.3, 0.4) is 0 Å². The highest BCUT2D eigenvalue weighted by Crippen LogP contribution is 2.43. The average molecular weight is 351 g/mol. The van der Waals surface area contributed by atoms with Gasteiger partial charge in [-0.3, -0.25) is 4.79 Å². The van der Waals surface area contributed by atoms with E-state index in [1.807, 2.05) is 12.1 Å². The quantitative estimate of drug-likeness (QED) is 0.869. The van der Waals surface area contributed by atoms with Crippen molar-refractivity contribution < 1.29 is 14.3 Å². The van der Waals surface area contributed by atoms with Gasteiger partial charge in [-0.2, -0.15) is 0 Å². The zero-order valence-electron chi connectivity index (χ0n) is 12.2. The molecule has 7 heteroatoms. The van der Waals surface area contributed by atoms with Crippen LogP contribution >= 0.6 is 23.4 Å². The van der Waals surface area contributed by atoms with Gasteiger partial charge in [0.15, 0.2) is 0 Å². The van der Waals surface area contributed by atoms with Gasteiger partial charge in [-0.1, -0.05) is 29.4 Å².